The van der Waals surface area contributed by atoms with Gasteiger partial charge in [0.25, 0.3) is 0 Å². The van der Waals surface area contributed by atoms with E-state index in [1.54, 1.807) is 16.0 Å². The Kier molecular flexibility index (Phi) is 5.11. The Hall–Kier alpha value is -2.35. The first-order valence-electron chi connectivity index (χ1n) is 10.6. The molecule has 0 aliphatic carbocycles. The first kappa shape index (κ1) is 21.5. The van der Waals surface area contributed by atoms with Crippen LogP contribution in [0.5, 0.6) is 5.75 Å². The summed E-state index contributed by atoms with van der Waals surface area (Å²) >= 11 is 8.35. The zero-order valence-corrected chi connectivity index (χ0v) is 20.3. The van der Waals surface area contributed by atoms with Crippen LogP contribution in [0.1, 0.15) is 44.6 Å². The molecule has 5 rings (SSSR count). The van der Waals surface area contributed by atoms with E-state index in [2.05, 4.69) is 11.4 Å². The molecule has 2 aromatic carbocycles. The molecule has 32 heavy (non-hydrogen) atoms. The van der Waals surface area contributed by atoms with Gasteiger partial charge in [-0.05, 0) is 61.9 Å². The third-order valence-corrected chi connectivity index (χ3v) is 7.00. The molecule has 0 saturated carbocycles. The number of benzene rings is 2. The summed E-state index contributed by atoms with van der Waals surface area (Å²) in [4.78, 5) is 12.9. The monoisotopic (exact) mass is 472 g/mol. The van der Waals surface area contributed by atoms with Crippen LogP contribution >= 0.6 is 22.9 Å². The first-order valence-corrected chi connectivity index (χ1v) is 11.9. The second kappa shape index (κ2) is 7.61. The normalized spacial score (nSPS) is 15.2. The van der Waals surface area contributed by atoms with Gasteiger partial charge in [-0.3, -0.25) is 4.68 Å². The number of carbonyl (C=O) groups excluding carboxylic acids is 1. The highest BCUT2D eigenvalue weighted by atomic mass is 35.5. The van der Waals surface area contributed by atoms with Gasteiger partial charge in [-0.1, -0.05) is 11.6 Å². The molecule has 2 aromatic heterocycles. The molecule has 0 N–H and O–H groups in total. The van der Waals surface area contributed by atoms with Crippen LogP contribution < -0.4 is 4.74 Å². The van der Waals surface area contributed by atoms with Gasteiger partial charge in [0, 0.05) is 23.4 Å². The molecule has 4 aromatic rings. The van der Waals surface area contributed by atoms with E-state index in [1.165, 1.54) is 7.11 Å². The molecule has 1 aliphatic heterocycles. The largest absolute Gasteiger partial charge is 0.492 e. The van der Waals surface area contributed by atoms with Crippen LogP contribution in [0.3, 0.4) is 0 Å². The van der Waals surface area contributed by atoms with Gasteiger partial charge in [-0.15, -0.1) is 11.3 Å². The van der Waals surface area contributed by atoms with Gasteiger partial charge < -0.3 is 14.2 Å². The zero-order valence-electron chi connectivity index (χ0n) is 18.7. The number of nitrogens with zero attached hydrogens (tertiary/aromatic N) is 2. The van der Waals surface area contributed by atoms with Crippen LogP contribution in [-0.2, 0) is 27.7 Å². The molecule has 1 atom stereocenters. The molecule has 0 radical (unpaired) electrons. The summed E-state index contributed by atoms with van der Waals surface area (Å²) in [7, 11) is 3.21. The smallest absolute Gasteiger partial charge is 0.341 e. The molecule has 0 fully saturated rings. The molecule has 0 bridgehead atoms. The van der Waals surface area contributed by atoms with Crippen LogP contribution in [0.2, 0.25) is 5.02 Å². The second-order valence-corrected chi connectivity index (χ2v) is 10.4. The minimum Gasteiger partial charge on any atom is -0.492 e. The number of rotatable bonds is 3. The maximum atomic E-state index is 12.9. The summed E-state index contributed by atoms with van der Waals surface area (Å²) in [5, 5.41) is 11.6. The number of carbonyl (C=O) groups is 1. The molecule has 3 heterocycles. The SMILES string of the molecule is COC(=O)C(OC(C)(C)C)c1c2c3cc(Cl)c4c(c3c3ccsc3c2nn1C)CCCO4. The average Bonchev–Trinajstić information content (AvgIpc) is 3.35. The molecule has 8 heteroatoms. The molecular formula is C24H25ClN2O4S. The van der Waals surface area contributed by atoms with Gasteiger partial charge in [0.15, 0.2) is 6.10 Å². The minimum atomic E-state index is -0.929. The summed E-state index contributed by atoms with van der Waals surface area (Å²) in [5.74, 6) is 0.301. The molecule has 0 saturated heterocycles. The third-order valence-electron chi connectivity index (χ3n) is 5.80. The van der Waals surface area contributed by atoms with Crippen LogP contribution in [0, 0.1) is 0 Å². The topological polar surface area (TPSA) is 62.6 Å². The fourth-order valence-corrected chi connectivity index (χ4v) is 5.80. The molecule has 0 spiro atoms. The van der Waals surface area contributed by atoms with Crippen molar-refractivity contribution < 1.29 is 19.0 Å². The lowest BCUT2D eigenvalue weighted by molar-refractivity contribution is -0.164. The highest BCUT2D eigenvalue weighted by Gasteiger charge is 2.34. The number of esters is 1. The summed E-state index contributed by atoms with van der Waals surface area (Å²) in [6.45, 7) is 6.42. The van der Waals surface area contributed by atoms with Crippen molar-refractivity contribution in [2.75, 3.05) is 13.7 Å². The Balaban J connectivity index is 1.95. The minimum absolute atomic E-state index is 0.461. The van der Waals surface area contributed by atoms with Crippen molar-refractivity contribution in [3.05, 3.63) is 33.8 Å². The number of hydrogen-bond donors (Lipinski definition) is 0. The Morgan fingerprint density at radius 1 is 1.31 bits per heavy atom. The van der Waals surface area contributed by atoms with E-state index in [0.29, 0.717) is 17.3 Å². The van der Waals surface area contributed by atoms with Crippen molar-refractivity contribution in [2.24, 2.45) is 7.05 Å². The number of fused-ring (bicyclic) bond motifs is 8. The Morgan fingerprint density at radius 3 is 2.81 bits per heavy atom. The number of methoxy groups -OCH3 is 1. The van der Waals surface area contributed by atoms with Gasteiger partial charge in [-0.2, -0.15) is 5.10 Å². The molecule has 0 amide bonds. The quantitative estimate of drug-likeness (QED) is 0.345. The highest BCUT2D eigenvalue weighted by molar-refractivity contribution is 7.18. The van der Waals surface area contributed by atoms with Gasteiger partial charge >= 0.3 is 5.97 Å². The standard InChI is InChI=1S/C24H25ClN2O4S/c1-24(2,3)31-21(23(28)29-5)19-17-14-11-15(25)20-12(7-6-9-30-20)16(14)13-8-10-32-22(13)18(17)26-27(19)4/h8,10-11,21H,6-7,9H2,1-5H3. The molecule has 1 unspecified atom stereocenters. The van der Waals surface area contributed by atoms with Crippen molar-refractivity contribution in [2.45, 2.75) is 45.3 Å². The van der Waals surface area contributed by atoms with Crippen molar-refractivity contribution in [3.8, 4) is 5.75 Å². The summed E-state index contributed by atoms with van der Waals surface area (Å²) < 4.78 is 20.1. The number of hydrogen-bond acceptors (Lipinski definition) is 6. The number of ether oxygens (including phenoxy) is 3. The van der Waals surface area contributed by atoms with E-state index in [4.69, 9.17) is 30.9 Å². The Labute approximate surface area is 195 Å². The summed E-state index contributed by atoms with van der Waals surface area (Å²) in [6.07, 6.45) is 0.892. The number of aromatic nitrogens is 2. The maximum absolute atomic E-state index is 12.9. The highest BCUT2D eigenvalue weighted by Crippen LogP contribution is 2.47. The van der Waals surface area contributed by atoms with E-state index in [0.717, 1.165) is 55.9 Å². The predicted molar refractivity (Wildman–Crippen MR) is 128 cm³/mol. The number of halogens is 1. The lowest BCUT2D eigenvalue weighted by atomic mass is 9.92. The first-order chi connectivity index (χ1) is 15.2. The van der Waals surface area contributed by atoms with Crippen molar-refractivity contribution in [1.82, 2.24) is 9.78 Å². The van der Waals surface area contributed by atoms with Crippen LogP contribution in [0.25, 0.3) is 31.8 Å². The maximum Gasteiger partial charge on any atom is 0.341 e. The van der Waals surface area contributed by atoms with Gasteiger partial charge in [0.2, 0.25) is 0 Å². The van der Waals surface area contributed by atoms with Crippen molar-refractivity contribution in [1.29, 1.82) is 0 Å². The van der Waals surface area contributed by atoms with Gasteiger partial charge in [0.05, 0.1) is 34.7 Å². The second-order valence-electron chi connectivity index (χ2n) is 9.07. The number of thiophene rings is 1. The van der Waals surface area contributed by atoms with E-state index in [9.17, 15) is 4.79 Å². The Morgan fingerprint density at radius 2 is 2.09 bits per heavy atom. The van der Waals surface area contributed by atoms with Crippen molar-refractivity contribution in [3.63, 3.8) is 0 Å². The third kappa shape index (κ3) is 3.26. The van der Waals surface area contributed by atoms with Crippen LogP contribution in [0.15, 0.2) is 17.5 Å². The van der Waals surface area contributed by atoms with Gasteiger partial charge in [0.1, 0.15) is 11.3 Å². The van der Waals surface area contributed by atoms with Crippen LogP contribution in [0.4, 0.5) is 0 Å². The fraction of sp³-hybridized carbons (Fsp3) is 0.417. The van der Waals surface area contributed by atoms with Gasteiger partial charge in [-0.25, -0.2) is 4.79 Å². The summed E-state index contributed by atoms with van der Waals surface area (Å²) in [5.41, 5.74) is 2.04. The lowest BCUT2D eigenvalue weighted by Gasteiger charge is -2.26. The van der Waals surface area contributed by atoms with E-state index in [1.807, 2.05) is 33.9 Å². The lowest BCUT2D eigenvalue weighted by Crippen LogP contribution is -2.29. The zero-order chi connectivity index (χ0) is 22.8. The molecule has 1 aliphatic rings. The predicted octanol–water partition coefficient (Wildman–Crippen LogP) is 5.95. The molecule has 168 valence electrons. The van der Waals surface area contributed by atoms with E-state index in [-0.39, 0.29) is 0 Å². The number of aryl methyl sites for hydroxylation is 2. The fourth-order valence-electron chi connectivity index (χ4n) is 4.64. The van der Waals surface area contributed by atoms with E-state index >= 15 is 0 Å². The average molecular weight is 473 g/mol. The Bertz CT molecular complexity index is 1380. The molecule has 6 nitrogen and oxygen atoms in total. The summed E-state index contributed by atoms with van der Waals surface area (Å²) in [6, 6.07) is 4.07. The van der Waals surface area contributed by atoms with Crippen molar-refractivity contribution >= 4 is 60.7 Å². The van der Waals surface area contributed by atoms with Crippen LogP contribution in [-0.4, -0.2) is 35.1 Å². The molecular weight excluding hydrogens is 448 g/mol. The van der Waals surface area contributed by atoms with E-state index < -0.39 is 17.7 Å².